The predicted molar refractivity (Wildman–Crippen MR) is 96.4 cm³/mol. The summed E-state index contributed by atoms with van der Waals surface area (Å²) in [5.41, 5.74) is 1.24. The van der Waals surface area contributed by atoms with Crippen molar-refractivity contribution in [3.63, 3.8) is 0 Å². The summed E-state index contributed by atoms with van der Waals surface area (Å²) in [6.45, 7) is 3.02. The van der Waals surface area contributed by atoms with Crippen LogP contribution in [0.15, 0.2) is 45.4 Å². The Balaban J connectivity index is 1.34. The van der Waals surface area contributed by atoms with Gasteiger partial charge in [-0.05, 0) is 49.2 Å². The van der Waals surface area contributed by atoms with Crippen LogP contribution in [0.3, 0.4) is 0 Å². The Morgan fingerprint density at radius 3 is 2.85 bits per heavy atom. The second-order valence-electron chi connectivity index (χ2n) is 6.86. The minimum atomic E-state index is 0.307. The Kier molecular flexibility index (Phi) is 4.29. The molecule has 0 saturated carbocycles. The van der Waals surface area contributed by atoms with Gasteiger partial charge >= 0.3 is 0 Å². The molecule has 5 rings (SSSR count). The maximum Gasteiger partial charge on any atom is 0.283 e. The van der Waals surface area contributed by atoms with E-state index in [1.807, 2.05) is 12.1 Å². The largest absolute Gasteiger partial charge is 0.490 e. The number of likely N-dealkylation sites (tertiary alicyclic amines) is 1. The number of fused-ring (bicyclic) bond motifs is 1. The Morgan fingerprint density at radius 2 is 1.96 bits per heavy atom. The van der Waals surface area contributed by atoms with E-state index < -0.39 is 0 Å². The van der Waals surface area contributed by atoms with E-state index in [2.05, 4.69) is 27.2 Å². The number of ether oxygens (including phenoxy) is 2. The van der Waals surface area contributed by atoms with Crippen molar-refractivity contribution in [3.8, 4) is 23.1 Å². The van der Waals surface area contributed by atoms with Crippen molar-refractivity contribution >= 4 is 0 Å². The molecule has 2 aliphatic heterocycles. The van der Waals surface area contributed by atoms with E-state index in [9.17, 15) is 0 Å². The number of aromatic nitrogens is 2. The second-order valence-corrected chi connectivity index (χ2v) is 6.86. The van der Waals surface area contributed by atoms with Crippen molar-refractivity contribution in [1.29, 1.82) is 0 Å². The molecular weight excluding hydrogens is 346 g/mol. The minimum absolute atomic E-state index is 0.307. The molecule has 2 aliphatic rings. The third-order valence-electron chi connectivity index (χ3n) is 5.06. The van der Waals surface area contributed by atoms with Crippen molar-refractivity contribution in [2.24, 2.45) is 0 Å². The average molecular weight is 367 g/mol. The molecule has 1 atom stereocenters. The van der Waals surface area contributed by atoms with Gasteiger partial charge < -0.3 is 18.3 Å². The van der Waals surface area contributed by atoms with Gasteiger partial charge in [-0.15, -0.1) is 10.2 Å². The molecule has 7 nitrogen and oxygen atoms in total. The van der Waals surface area contributed by atoms with Crippen LogP contribution in [0.1, 0.15) is 36.8 Å². The minimum Gasteiger partial charge on any atom is -0.490 e. The number of hydrogen-bond donors (Lipinski definition) is 0. The highest BCUT2D eigenvalue weighted by Crippen LogP contribution is 2.38. The van der Waals surface area contributed by atoms with E-state index in [-0.39, 0.29) is 0 Å². The molecular formula is C20H21N3O4. The van der Waals surface area contributed by atoms with Crippen molar-refractivity contribution in [2.45, 2.75) is 31.8 Å². The molecule has 4 heterocycles. The standard InChI is InChI=1S/C20H21N3O4/c1-4-15(14-6-7-16-18(12-14)26-11-3-10-24-16)23(8-1)13-19-21-22-20(27-19)17-5-2-9-25-17/h2,5-7,9,12,15H,1,3-4,8,10-11,13H2/t15-/m1/s1. The van der Waals surface area contributed by atoms with E-state index >= 15 is 0 Å². The van der Waals surface area contributed by atoms with Gasteiger partial charge in [0, 0.05) is 12.5 Å². The van der Waals surface area contributed by atoms with Crippen LogP contribution in [0.5, 0.6) is 11.5 Å². The fraction of sp³-hybridized carbons (Fsp3) is 0.400. The van der Waals surface area contributed by atoms with Crippen molar-refractivity contribution in [2.75, 3.05) is 19.8 Å². The van der Waals surface area contributed by atoms with E-state index in [1.54, 1.807) is 12.3 Å². The topological polar surface area (TPSA) is 73.8 Å². The van der Waals surface area contributed by atoms with Crippen LogP contribution in [0.2, 0.25) is 0 Å². The molecule has 1 aromatic carbocycles. The Hall–Kier alpha value is -2.80. The Labute approximate surface area is 156 Å². The van der Waals surface area contributed by atoms with Crippen LogP contribution in [-0.2, 0) is 6.54 Å². The van der Waals surface area contributed by atoms with Gasteiger partial charge in [0.15, 0.2) is 17.3 Å². The lowest BCUT2D eigenvalue weighted by atomic mass is 10.0. The summed E-state index contributed by atoms with van der Waals surface area (Å²) in [6, 6.07) is 10.2. The number of furan rings is 1. The lowest BCUT2D eigenvalue weighted by molar-refractivity contribution is 0.223. The highest BCUT2D eigenvalue weighted by Gasteiger charge is 2.28. The number of hydrogen-bond acceptors (Lipinski definition) is 7. The third-order valence-corrected chi connectivity index (χ3v) is 5.06. The van der Waals surface area contributed by atoms with Gasteiger partial charge in [0.2, 0.25) is 5.89 Å². The van der Waals surface area contributed by atoms with Gasteiger partial charge in [-0.3, -0.25) is 4.90 Å². The van der Waals surface area contributed by atoms with Gasteiger partial charge in [0.1, 0.15) is 0 Å². The first-order chi connectivity index (χ1) is 13.4. The summed E-state index contributed by atoms with van der Waals surface area (Å²) in [7, 11) is 0. The average Bonchev–Trinajstić information content (AvgIpc) is 3.42. The first-order valence-corrected chi connectivity index (χ1v) is 9.37. The van der Waals surface area contributed by atoms with Crippen LogP contribution in [0, 0.1) is 0 Å². The molecule has 0 spiro atoms. The van der Waals surface area contributed by atoms with Crippen LogP contribution in [0.25, 0.3) is 11.7 Å². The smallest absolute Gasteiger partial charge is 0.283 e. The SMILES string of the molecule is c1coc(-c2nnc(CN3CCC[C@@H]3c3ccc4c(c3)OCCCO4)o2)c1. The fourth-order valence-electron chi connectivity index (χ4n) is 3.77. The summed E-state index contributed by atoms with van der Waals surface area (Å²) >= 11 is 0. The van der Waals surface area contributed by atoms with Gasteiger partial charge in [0.05, 0.1) is 26.0 Å². The molecule has 3 aromatic rings. The summed E-state index contributed by atoms with van der Waals surface area (Å²) in [6.07, 6.45) is 4.74. The van der Waals surface area contributed by atoms with Gasteiger partial charge in [-0.1, -0.05) is 6.07 Å². The number of nitrogens with zero attached hydrogens (tertiary/aromatic N) is 3. The lowest BCUT2D eigenvalue weighted by Gasteiger charge is -2.24. The zero-order valence-corrected chi connectivity index (χ0v) is 15.0. The van der Waals surface area contributed by atoms with Gasteiger partial charge in [-0.2, -0.15) is 0 Å². The van der Waals surface area contributed by atoms with E-state index in [0.717, 1.165) is 37.3 Å². The maximum absolute atomic E-state index is 5.85. The molecule has 7 heteroatoms. The summed E-state index contributed by atoms with van der Waals surface area (Å²) in [4.78, 5) is 2.37. The number of benzene rings is 1. The summed E-state index contributed by atoms with van der Waals surface area (Å²) in [5.74, 6) is 3.29. The molecule has 2 aromatic heterocycles. The maximum atomic E-state index is 5.85. The quantitative estimate of drug-likeness (QED) is 0.694. The van der Waals surface area contributed by atoms with Crippen molar-refractivity contribution < 1.29 is 18.3 Å². The Morgan fingerprint density at radius 1 is 1.04 bits per heavy atom. The van der Waals surface area contributed by atoms with Crippen molar-refractivity contribution in [1.82, 2.24) is 15.1 Å². The molecule has 0 N–H and O–H groups in total. The normalized spacial score (nSPS) is 19.9. The molecule has 0 bridgehead atoms. The highest BCUT2D eigenvalue weighted by molar-refractivity contribution is 5.44. The molecule has 0 aliphatic carbocycles. The molecule has 0 unspecified atom stereocenters. The summed E-state index contributed by atoms with van der Waals surface area (Å²) < 4.78 is 22.7. The van der Waals surface area contributed by atoms with E-state index in [0.29, 0.717) is 43.3 Å². The van der Waals surface area contributed by atoms with Crippen LogP contribution in [-0.4, -0.2) is 34.9 Å². The monoisotopic (exact) mass is 367 g/mol. The third kappa shape index (κ3) is 3.30. The van der Waals surface area contributed by atoms with Crippen molar-refractivity contribution in [3.05, 3.63) is 48.0 Å². The second kappa shape index (κ2) is 7.08. The number of rotatable bonds is 4. The fourth-order valence-corrected chi connectivity index (χ4v) is 3.77. The molecule has 1 fully saturated rings. The van der Waals surface area contributed by atoms with Crippen LogP contribution in [0.4, 0.5) is 0 Å². The molecule has 0 amide bonds. The summed E-state index contributed by atoms with van der Waals surface area (Å²) in [5, 5.41) is 8.28. The molecule has 140 valence electrons. The molecule has 0 radical (unpaired) electrons. The first-order valence-electron chi connectivity index (χ1n) is 9.37. The first kappa shape index (κ1) is 16.4. The van der Waals surface area contributed by atoms with Crippen LogP contribution < -0.4 is 9.47 Å². The molecule has 27 heavy (non-hydrogen) atoms. The van der Waals surface area contributed by atoms with E-state index in [1.165, 1.54) is 5.56 Å². The highest BCUT2D eigenvalue weighted by atomic mass is 16.5. The zero-order chi connectivity index (χ0) is 18.1. The van der Waals surface area contributed by atoms with Gasteiger partial charge in [-0.25, -0.2) is 0 Å². The van der Waals surface area contributed by atoms with Crippen LogP contribution >= 0.6 is 0 Å². The van der Waals surface area contributed by atoms with E-state index in [4.69, 9.17) is 18.3 Å². The van der Waals surface area contributed by atoms with Gasteiger partial charge in [0.25, 0.3) is 5.89 Å². The lowest BCUT2D eigenvalue weighted by Crippen LogP contribution is -2.23. The molecule has 1 saturated heterocycles. The Bertz CT molecular complexity index is 906. The zero-order valence-electron chi connectivity index (χ0n) is 15.0. The predicted octanol–water partition coefficient (Wildman–Crippen LogP) is 3.83.